The molecule has 0 spiro atoms. The van der Waals surface area contributed by atoms with E-state index in [-0.39, 0.29) is 11.9 Å². The van der Waals surface area contributed by atoms with Crippen molar-refractivity contribution in [3.8, 4) is 10.6 Å². The van der Waals surface area contributed by atoms with Gasteiger partial charge in [0.15, 0.2) is 5.01 Å². The summed E-state index contributed by atoms with van der Waals surface area (Å²) in [4.78, 5) is 14.9. The third kappa shape index (κ3) is 3.94. The molecule has 1 saturated heterocycles. The Bertz CT molecular complexity index is 699. The number of nitrogens with one attached hydrogen (secondary N) is 1. The van der Waals surface area contributed by atoms with E-state index in [4.69, 9.17) is 11.6 Å². The second-order valence-corrected chi connectivity index (χ2v) is 7.31. The smallest absolute Gasteiger partial charge is 0.243 e. The van der Waals surface area contributed by atoms with E-state index in [1.54, 1.807) is 0 Å². The summed E-state index contributed by atoms with van der Waals surface area (Å²) in [6, 6.07) is 7.43. The molecule has 2 heterocycles. The van der Waals surface area contributed by atoms with E-state index in [0.29, 0.717) is 15.2 Å². The number of benzene rings is 1. The van der Waals surface area contributed by atoms with Gasteiger partial charge in [0, 0.05) is 5.56 Å². The molecule has 1 aliphatic heterocycles. The van der Waals surface area contributed by atoms with Gasteiger partial charge < -0.3 is 0 Å². The average Bonchev–Trinajstić information content (AvgIpc) is 3.25. The van der Waals surface area contributed by atoms with E-state index in [0.717, 1.165) is 31.5 Å². The standard InChI is InChI=1S/C17H21ClN4OS/c1-2-7-14(22-10-5-6-11-22)15(23)19-17-21-20-16(24-17)12-8-3-4-9-13(12)18/h3-4,8-9,14H,2,5-7,10-11H2,1H3,(H,19,21,23). The quantitative estimate of drug-likeness (QED) is 0.839. The Morgan fingerprint density at radius 3 is 2.79 bits per heavy atom. The van der Waals surface area contributed by atoms with Crippen LogP contribution in [-0.2, 0) is 4.79 Å². The van der Waals surface area contributed by atoms with Crippen LogP contribution < -0.4 is 5.32 Å². The Labute approximate surface area is 151 Å². The molecule has 1 aromatic heterocycles. The number of hydrogen-bond donors (Lipinski definition) is 1. The minimum Gasteiger partial charge on any atom is -0.299 e. The van der Waals surface area contributed by atoms with Crippen LogP contribution >= 0.6 is 22.9 Å². The molecule has 1 N–H and O–H groups in total. The molecule has 0 saturated carbocycles. The number of nitrogens with zero attached hydrogens (tertiary/aromatic N) is 3. The van der Waals surface area contributed by atoms with Crippen LogP contribution in [0.15, 0.2) is 24.3 Å². The molecule has 128 valence electrons. The van der Waals surface area contributed by atoms with Crippen LogP contribution in [0.1, 0.15) is 32.6 Å². The van der Waals surface area contributed by atoms with Crippen LogP contribution in [0.5, 0.6) is 0 Å². The minimum absolute atomic E-state index is 0.0145. The first-order chi connectivity index (χ1) is 11.7. The maximum atomic E-state index is 12.7. The molecule has 1 unspecified atom stereocenters. The number of rotatable bonds is 6. The average molecular weight is 365 g/mol. The highest BCUT2D eigenvalue weighted by Gasteiger charge is 2.28. The highest BCUT2D eigenvalue weighted by atomic mass is 35.5. The van der Waals surface area contributed by atoms with Crippen molar-refractivity contribution in [3.63, 3.8) is 0 Å². The summed E-state index contributed by atoms with van der Waals surface area (Å²) >= 11 is 7.55. The predicted molar refractivity (Wildman–Crippen MR) is 98.5 cm³/mol. The number of carbonyl (C=O) groups excluding carboxylic acids is 1. The Kier molecular flexibility index (Phi) is 5.81. The number of anilines is 1. The Balaban J connectivity index is 1.71. The molecule has 0 radical (unpaired) electrons. The molecule has 3 rings (SSSR count). The minimum atomic E-state index is -0.0786. The van der Waals surface area contributed by atoms with E-state index in [9.17, 15) is 4.79 Å². The van der Waals surface area contributed by atoms with Crippen LogP contribution in [0.2, 0.25) is 5.02 Å². The van der Waals surface area contributed by atoms with E-state index >= 15 is 0 Å². The summed E-state index contributed by atoms with van der Waals surface area (Å²) in [7, 11) is 0. The lowest BCUT2D eigenvalue weighted by molar-refractivity contribution is -0.121. The third-order valence-corrected chi connectivity index (χ3v) is 5.41. The van der Waals surface area contributed by atoms with E-state index in [1.807, 2.05) is 24.3 Å². The first kappa shape index (κ1) is 17.3. The molecule has 5 nitrogen and oxygen atoms in total. The van der Waals surface area contributed by atoms with Crippen molar-refractivity contribution in [2.75, 3.05) is 18.4 Å². The highest BCUT2D eigenvalue weighted by molar-refractivity contribution is 7.18. The molecule has 1 atom stereocenters. The van der Waals surface area contributed by atoms with Crippen LogP contribution in [0.3, 0.4) is 0 Å². The number of aromatic nitrogens is 2. The van der Waals surface area contributed by atoms with Crippen molar-refractivity contribution < 1.29 is 4.79 Å². The molecule has 0 bridgehead atoms. The van der Waals surface area contributed by atoms with Gasteiger partial charge in [0.05, 0.1) is 11.1 Å². The van der Waals surface area contributed by atoms with E-state index in [2.05, 4.69) is 27.3 Å². The molecule has 7 heteroatoms. The molecule has 2 aromatic rings. The molecule has 24 heavy (non-hydrogen) atoms. The van der Waals surface area contributed by atoms with Gasteiger partial charge in [0.2, 0.25) is 11.0 Å². The molecule has 0 aliphatic carbocycles. The van der Waals surface area contributed by atoms with Gasteiger partial charge in [-0.05, 0) is 38.4 Å². The van der Waals surface area contributed by atoms with Crippen molar-refractivity contribution >= 4 is 34.0 Å². The van der Waals surface area contributed by atoms with Gasteiger partial charge in [0.25, 0.3) is 0 Å². The first-order valence-corrected chi connectivity index (χ1v) is 9.52. The van der Waals surface area contributed by atoms with Crippen LogP contribution in [0.4, 0.5) is 5.13 Å². The Morgan fingerprint density at radius 2 is 2.08 bits per heavy atom. The second kappa shape index (κ2) is 8.05. The lowest BCUT2D eigenvalue weighted by Gasteiger charge is -2.25. The lowest BCUT2D eigenvalue weighted by Crippen LogP contribution is -2.42. The van der Waals surface area contributed by atoms with Crippen LogP contribution in [0, 0.1) is 0 Å². The van der Waals surface area contributed by atoms with Gasteiger partial charge in [-0.2, -0.15) is 0 Å². The molecule has 1 amide bonds. The zero-order valence-electron chi connectivity index (χ0n) is 13.7. The van der Waals surface area contributed by atoms with Gasteiger partial charge in [0.1, 0.15) is 0 Å². The normalized spacial score (nSPS) is 16.2. The van der Waals surface area contributed by atoms with Gasteiger partial charge in [-0.3, -0.25) is 15.0 Å². The topological polar surface area (TPSA) is 58.1 Å². The summed E-state index contributed by atoms with van der Waals surface area (Å²) in [5.41, 5.74) is 0.835. The number of halogens is 1. The number of amides is 1. The highest BCUT2D eigenvalue weighted by Crippen LogP contribution is 2.31. The van der Waals surface area contributed by atoms with Gasteiger partial charge in [-0.1, -0.05) is 54.5 Å². The predicted octanol–water partition coefficient (Wildman–Crippen LogP) is 4.06. The largest absolute Gasteiger partial charge is 0.299 e. The van der Waals surface area contributed by atoms with Crippen molar-refractivity contribution in [2.24, 2.45) is 0 Å². The molecule has 1 aromatic carbocycles. The zero-order chi connectivity index (χ0) is 16.9. The van der Waals surface area contributed by atoms with Crippen molar-refractivity contribution in [1.29, 1.82) is 0 Å². The fraction of sp³-hybridized carbons (Fsp3) is 0.471. The third-order valence-electron chi connectivity index (χ3n) is 4.21. The van der Waals surface area contributed by atoms with Crippen LogP contribution in [0.25, 0.3) is 10.6 Å². The van der Waals surface area contributed by atoms with Crippen molar-refractivity contribution in [1.82, 2.24) is 15.1 Å². The fourth-order valence-corrected chi connectivity index (χ4v) is 4.08. The molecule has 1 aliphatic rings. The monoisotopic (exact) mass is 364 g/mol. The molecular formula is C17H21ClN4OS. The number of likely N-dealkylation sites (tertiary alicyclic amines) is 1. The summed E-state index contributed by atoms with van der Waals surface area (Å²) in [5.74, 6) is 0.0145. The van der Waals surface area contributed by atoms with Gasteiger partial charge in [-0.15, -0.1) is 10.2 Å². The molecular weight excluding hydrogens is 344 g/mol. The van der Waals surface area contributed by atoms with Crippen molar-refractivity contribution in [2.45, 2.75) is 38.6 Å². The van der Waals surface area contributed by atoms with Crippen molar-refractivity contribution in [3.05, 3.63) is 29.3 Å². The Hall–Kier alpha value is -1.50. The number of hydrogen-bond acceptors (Lipinski definition) is 5. The number of carbonyl (C=O) groups is 1. The fourth-order valence-electron chi connectivity index (χ4n) is 3.01. The maximum Gasteiger partial charge on any atom is 0.243 e. The molecule has 1 fully saturated rings. The summed E-state index contributed by atoms with van der Waals surface area (Å²) in [6.07, 6.45) is 4.18. The van der Waals surface area contributed by atoms with Crippen LogP contribution in [-0.4, -0.2) is 40.1 Å². The zero-order valence-corrected chi connectivity index (χ0v) is 15.2. The summed E-state index contributed by atoms with van der Waals surface area (Å²) in [6.45, 7) is 4.11. The SMILES string of the molecule is CCCC(C(=O)Nc1nnc(-c2ccccc2Cl)s1)N1CCCC1. The van der Waals surface area contributed by atoms with Gasteiger partial charge in [-0.25, -0.2) is 0 Å². The summed E-state index contributed by atoms with van der Waals surface area (Å²) < 4.78 is 0. The maximum absolute atomic E-state index is 12.7. The van der Waals surface area contributed by atoms with E-state index in [1.165, 1.54) is 24.2 Å². The summed E-state index contributed by atoms with van der Waals surface area (Å²) in [5, 5.41) is 13.1. The van der Waals surface area contributed by atoms with Gasteiger partial charge >= 0.3 is 0 Å². The van der Waals surface area contributed by atoms with E-state index < -0.39 is 0 Å². The first-order valence-electron chi connectivity index (χ1n) is 8.32. The lowest BCUT2D eigenvalue weighted by atomic mass is 10.1. The second-order valence-electron chi connectivity index (χ2n) is 5.93. The Morgan fingerprint density at radius 1 is 1.33 bits per heavy atom.